The largest absolute Gasteiger partial charge is 0.449 e. The van der Waals surface area contributed by atoms with Crippen LogP contribution in [0.5, 0.6) is 0 Å². The number of pyridine rings is 1. The molecule has 206 valence electrons. The van der Waals surface area contributed by atoms with Crippen molar-refractivity contribution in [1.29, 1.82) is 0 Å². The highest BCUT2D eigenvalue weighted by Crippen LogP contribution is 2.48. The molecule has 1 aliphatic rings. The maximum Gasteiger partial charge on any atom is 0.412 e. The van der Waals surface area contributed by atoms with Crippen LogP contribution in [0.1, 0.15) is 63.3 Å². The molecule has 3 aromatic heterocycles. The third kappa shape index (κ3) is 5.60. The van der Waals surface area contributed by atoms with Crippen LogP contribution in [0.3, 0.4) is 0 Å². The summed E-state index contributed by atoms with van der Waals surface area (Å²) in [5.41, 5.74) is 3.05. The number of aliphatic hydroxyl groups is 2. The van der Waals surface area contributed by atoms with Gasteiger partial charge in [-0.2, -0.15) is 0 Å². The second-order valence-electron chi connectivity index (χ2n) is 11.0. The number of amides is 1. The van der Waals surface area contributed by atoms with E-state index in [0.717, 1.165) is 58.9 Å². The Morgan fingerprint density at radius 2 is 2.00 bits per heavy atom. The highest BCUT2D eigenvalue weighted by atomic mass is 16.5. The van der Waals surface area contributed by atoms with E-state index in [1.54, 1.807) is 6.07 Å². The smallest absolute Gasteiger partial charge is 0.412 e. The van der Waals surface area contributed by atoms with Crippen LogP contribution >= 0.6 is 0 Å². The van der Waals surface area contributed by atoms with Gasteiger partial charge in [0.05, 0.1) is 30.0 Å². The summed E-state index contributed by atoms with van der Waals surface area (Å²) in [7, 11) is 0. The van der Waals surface area contributed by atoms with Crippen molar-refractivity contribution in [3.05, 3.63) is 60.2 Å². The first-order chi connectivity index (χ1) is 18.8. The van der Waals surface area contributed by atoms with Crippen LogP contribution in [0, 0.1) is 12.3 Å². The Bertz CT molecular complexity index is 1470. The summed E-state index contributed by atoms with van der Waals surface area (Å²) in [6.07, 6.45) is 6.20. The molecular weight excluding hydrogens is 494 g/mol. The average Bonchev–Trinajstić information content (AvgIpc) is 3.46. The molecule has 0 aliphatic heterocycles. The van der Waals surface area contributed by atoms with Crippen LogP contribution in [0.4, 0.5) is 10.6 Å². The SMILES string of the molecule is CCCCCOC(=O)Nc1ccc2ccc(CC[C@@]3(C)C[C@@H](n4ccc5c(C)ncnc54)[C@H](O)[C@@H]3O)cc2n1. The van der Waals surface area contributed by atoms with Crippen LogP contribution in [0.2, 0.25) is 0 Å². The summed E-state index contributed by atoms with van der Waals surface area (Å²) in [5, 5.41) is 26.8. The Morgan fingerprint density at radius 1 is 1.18 bits per heavy atom. The number of aliphatic hydroxyl groups excluding tert-OH is 2. The van der Waals surface area contributed by atoms with Crippen LogP contribution in [-0.2, 0) is 11.2 Å². The van der Waals surface area contributed by atoms with Gasteiger partial charge in [0.1, 0.15) is 23.9 Å². The lowest BCUT2D eigenvalue weighted by atomic mass is 9.80. The third-order valence-corrected chi connectivity index (χ3v) is 8.13. The van der Waals surface area contributed by atoms with Gasteiger partial charge in [0, 0.05) is 17.0 Å². The van der Waals surface area contributed by atoms with E-state index in [4.69, 9.17) is 4.74 Å². The minimum Gasteiger partial charge on any atom is -0.449 e. The summed E-state index contributed by atoms with van der Waals surface area (Å²) in [5.74, 6) is 0.447. The van der Waals surface area contributed by atoms with Crippen molar-refractivity contribution in [3.63, 3.8) is 0 Å². The molecule has 1 fully saturated rings. The molecule has 4 aromatic rings. The monoisotopic (exact) mass is 531 g/mol. The number of carbonyl (C=O) groups is 1. The Kier molecular flexibility index (Phi) is 7.81. The van der Waals surface area contributed by atoms with Gasteiger partial charge in [0.15, 0.2) is 0 Å². The summed E-state index contributed by atoms with van der Waals surface area (Å²) in [6.45, 7) is 6.48. The minimum absolute atomic E-state index is 0.273. The fraction of sp³-hybridized carbons (Fsp3) is 0.467. The van der Waals surface area contributed by atoms with Crippen molar-refractivity contribution in [3.8, 4) is 0 Å². The highest BCUT2D eigenvalue weighted by molar-refractivity contribution is 5.87. The first kappa shape index (κ1) is 27.0. The molecule has 3 N–H and O–H groups in total. The first-order valence-corrected chi connectivity index (χ1v) is 13.8. The predicted octanol–water partition coefficient (Wildman–Crippen LogP) is 5.33. The Hall–Kier alpha value is -3.56. The van der Waals surface area contributed by atoms with E-state index in [-0.39, 0.29) is 6.04 Å². The molecule has 0 saturated heterocycles. The number of rotatable bonds is 9. The Morgan fingerprint density at radius 3 is 2.82 bits per heavy atom. The van der Waals surface area contributed by atoms with Crippen LogP contribution in [-0.4, -0.2) is 54.6 Å². The summed E-state index contributed by atoms with van der Waals surface area (Å²) in [6, 6.07) is 11.5. The lowest BCUT2D eigenvalue weighted by Crippen LogP contribution is -2.35. The van der Waals surface area contributed by atoms with E-state index < -0.39 is 23.7 Å². The number of nitrogens with one attached hydrogen (secondary N) is 1. The van der Waals surface area contributed by atoms with Crippen LogP contribution in [0.25, 0.3) is 21.9 Å². The van der Waals surface area contributed by atoms with Gasteiger partial charge in [0.25, 0.3) is 0 Å². The summed E-state index contributed by atoms with van der Waals surface area (Å²) < 4.78 is 7.21. The van der Waals surface area contributed by atoms with E-state index in [2.05, 4.69) is 33.3 Å². The number of nitrogens with zero attached hydrogens (tertiary/aromatic N) is 4. The highest BCUT2D eigenvalue weighted by Gasteiger charge is 2.50. The number of hydrogen-bond acceptors (Lipinski definition) is 7. The quantitative estimate of drug-likeness (QED) is 0.249. The van der Waals surface area contributed by atoms with Crippen LogP contribution < -0.4 is 5.32 Å². The van der Waals surface area contributed by atoms with Gasteiger partial charge in [-0.3, -0.25) is 5.32 Å². The molecule has 1 amide bonds. The average molecular weight is 532 g/mol. The number of carbonyl (C=O) groups excluding carboxylic acids is 1. The molecule has 0 unspecified atom stereocenters. The molecule has 5 rings (SSSR count). The number of ether oxygens (including phenoxy) is 1. The van der Waals surface area contributed by atoms with Gasteiger partial charge in [0.2, 0.25) is 0 Å². The predicted molar refractivity (Wildman–Crippen MR) is 151 cm³/mol. The number of benzene rings is 1. The molecule has 39 heavy (non-hydrogen) atoms. The first-order valence-electron chi connectivity index (χ1n) is 13.8. The second-order valence-corrected chi connectivity index (χ2v) is 11.0. The van der Waals surface area contributed by atoms with E-state index >= 15 is 0 Å². The number of unbranched alkanes of at least 4 members (excludes halogenated alkanes) is 2. The van der Waals surface area contributed by atoms with Crippen molar-refractivity contribution < 1.29 is 19.7 Å². The van der Waals surface area contributed by atoms with E-state index in [0.29, 0.717) is 25.3 Å². The molecule has 0 bridgehead atoms. The second kappa shape index (κ2) is 11.3. The lowest BCUT2D eigenvalue weighted by Gasteiger charge is -2.28. The van der Waals surface area contributed by atoms with Gasteiger partial charge in [-0.15, -0.1) is 0 Å². The number of aryl methyl sites for hydroxylation is 2. The molecule has 1 saturated carbocycles. The minimum atomic E-state index is -0.894. The van der Waals surface area contributed by atoms with Crippen molar-refractivity contribution in [2.75, 3.05) is 11.9 Å². The van der Waals surface area contributed by atoms with Gasteiger partial charge in [-0.1, -0.05) is 38.8 Å². The van der Waals surface area contributed by atoms with Gasteiger partial charge in [-0.05, 0) is 67.9 Å². The normalized spacial score (nSPS) is 22.9. The Balaban J connectivity index is 1.26. The fourth-order valence-electron chi connectivity index (χ4n) is 5.70. The zero-order chi connectivity index (χ0) is 27.6. The molecule has 1 aliphatic carbocycles. The van der Waals surface area contributed by atoms with Crippen molar-refractivity contribution in [2.45, 2.75) is 77.5 Å². The number of hydrogen-bond donors (Lipinski definition) is 3. The maximum absolute atomic E-state index is 12.1. The lowest BCUT2D eigenvalue weighted by molar-refractivity contribution is -0.0241. The zero-order valence-electron chi connectivity index (χ0n) is 22.8. The van der Waals surface area contributed by atoms with E-state index in [9.17, 15) is 15.0 Å². The van der Waals surface area contributed by atoms with Crippen molar-refractivity contribution >= 4 is 33.8 Å². The molecule has 0 spiro atoms. The van der Waals surface area contributed by atoms with Crippen LogP contribution in [0.15, 0.2) is 48.9 Å². The number of anilines is 1. The maximum atomic E-state index is 12.1. The number of fused-ring (bicyclic) bond motifs is 2. The van der Waals surface area contributed by atoms with Gasteiger partial charge in [-0.25, -0.2) is 19.7 Å². The third-order valence-electron chi connectivity index (χ3n) is 8.13. The zero-order valence-corrected chi connectivity index (χ0v) is 22.8. The molecule has 3 heterocycles. The Labute approximate surface area is 228 Å². The van der Waals surface area contributed by atoms with E-state index in [1.807, 2.05) is 48.9 Å². The van der Waals surface area contributed by atoms with Crippen molar-refractivity contribution in [2.24, 2.45) is 5.41 Å². The van der Waals surface area contributed by atoms with Gasteiger partial charge >= 0.3 is 6.09 Å². The fourth-order valence-corrected chi connectivity index (χ4v) is 5.70. The van der Waals surface area contributed by atoms with Crippen molar-refractivity contribution in [1.82, 2.24) is 19.5 Å². The topological polar surface area (TPSA) is 122 Å². The standard InChI is InChI=1S/C30H37N5O4/c1-4-5-6-15-39-29(38)34-25-10-9-21-8-7-20(16-23(21)33-25)11-13-30(3)17-24(26(36)27(30)37)35-14-12-22-19(2)31-18-32-28(22)35/h7-10,12,14,16,18,24,26-27,36-37H,4-6,11,13,15,17H2,1-3H3,(H,33,34,38)/t24-,26+,27+,30+/m1/s1. The molecular formula is C30H37N5O4. The summed E-state index contributed by atoms with van der Waals surface area (Å²) in [4.78, 5) is 25.4. The van der Waals surface area contributed by atoms with E-state index in [1.165, 1.54) is 6.33 Å². The molecule has 9 nitrogen and oxygen atoms in total. The number of aromatic nitrogens is 4. The van der Waals surface area contributed by atoms with Gasteiger partial charge < -0.3 is 19.5 Å². The molecule has 0 radical (unpaired) electrons. The molecule has 9 heteroatoms. The molecule has 4 atom stereocenters. The molecule has 1 aromatic carbocycles. The summed E-state index contributed by atoms with van der Waals surface area (Å²) >= 11 is 0.